The van der Waals surface area contributed by atoms with Crippen LogP contribution in [-0.2, 0) is 6.54 Å². The van der Waals surface area contributed by atoms with Crippen LogP contribution in [0.4, 0.5) is 11.4 Å². The number of hydrogen-bond acceptors (Lipinski definition) is 4. The van der Waals surface area contributed by atoms with Gasteiger partial charge in [-0.25, -0.2) is 0 Å². The SMILES string of the molecule is Cc1ccsc1CNc1ccc(N)cc1C(N)=O. The number of nitrogens with two attached hydrogens (primary N) is 2. The second-order valence-electron chi connectivity index (χ2n) is 4.05. The average molecular weight is 261 g/mol. The smallest absolute Gasteiger partial charge is 0.250 e. The molecule has 0 saturated heterocycles. The highest BCUT2D eigenvalue weighted by molar-refractivity contribution is 7.10. The molecule has 5 N–H and O–H groups in total. The Morgan fingerprint density at radius 3 is 2.78 bits per heavy atom. The van der Waals surface area contributed by atoms with E-state index in [9.17, 15) is 4.79 Å². The molecule has 0 aliphatic rings. The number of amides is 1. The lowest BCUT2D eigenvalue weighted by molar-refractivity contribution is 0.100. The lowest BCUT2D eigenvalue weighted by Crippen LogP contribution is -2.14. The summed E-state index contributed by atoms with van der Waals surface area (Å²) >= 11 is 1.68. The summed E-state index contributed by atoms with van der Waals surface area (Å²) in [7, 11) is 0. The van der Waals surface area contributed by atoms with Crippen molar-refractivity contribution in [3.8, 4) is 0 Å². The van der Waals surface area contributed by atoms with Gasteiger partial charge >= 0.3 is 0 Å². The van der Waals surface area contributed by atoms with Gasteiger partial charge in [-0.05, 0) is 42.1 Å². The van der Waals surface area contributed by atoms with Crippen molar-refractivity contribution in [3.63, 3.8) is 0 Å². The van der Waals surface area contributed by atoms with Crippen LogP contribution in [0.3, 0.4) is 0 Å². The van der Waals surface area contributed by atoms with Gasteiger partial charge in [-0.1, -0.05) is 0 Å². The van der Waals surface area contributed by atoms with Crippen LogP contribution >= 0.6 is 11.3 Å². The minimum Gasteiger partial charge on any atom is -0.399 e. The highest BCUT2D eigenvalue weighted by Gasteiger charge is 2.09. The fraction of sp³-hybridized carbons (Fsp3) is 0.154. The molecule has 0 fully saturated rings. The van der Waals surface area contributed by atoms with Crippen molar-refractivity contribution in [2.45, 2.75) is 13.5 Å². The third kappa shape index (κ3) is 2.62. The van der Waals surface area contributed by atoms with E-state index >= 15 is 0 Å². The van der Waals surface area contributed by atoms with Crippen molar-refractivity contribution in [1.82, 2.24) is 0 Å². The van der Waals surface area contributed by atoms with Gasteiger partial charge in [0, 0.05) is 22.8 Å². The molecular weight excluding hydrogens is 246 g/mol. The summed E-state index contributed by atoms with van der Waals surface area (Å²) in [4.78, 5) is 12.6. The Morgan fingerprint density at radius 2 is 2.17 bits per heavy atom. The second-order valence-corrected chi connectivity index (χ2v) is 5.05. The van der Waals surface area contributed by atoms with Gasteiger partial charge in [0.15, 0.2) is 0 Å². The van der Waals surface area contributed by atoms with Gasteiger partial charge in [-0.2, -0.15) is 0 Å². The quantitative estimate of drug-likeness (QED) is 0.739. The van der Waals surface area contributed by atoms with E-state index in [4.69, 9.17) is 11.5 Å². The molecule has 4 nitrogen and oxygen atoms in total. The zero-order valence-electron chi connectivity index (χ0n) is 10.1. The number of carbonyl (C=O) groups is 1. The maximum Gasteiger partial charge on any atom is 0.250 e. The van der Waals surface area contributed by atoms with Crippen molar-refractivity contribution in [2.75, 3.05) is 11.1 Å². The Hall–Kier alpha value is -2.01. The van der Waals surface area contributed by atoms with E-state index in [0.29, 0.717) is 23.5 Å². The third-order valence-corrected chi connectivity index (χ3v) is 3.74. The molecule has 5 heteroatoms. The van der Waals surface area contributed by atoms with Crippen LogP contribution in [-0.4, -0.2) is 5.91 Å². The van der Waals surface area contributed by atoms with Gasteiger partial charge in [0.2, 0.25) is 0 Å². The molecule has 2 rings (SSSR count). The van der Waals surface area contributed by atoms with Crippen LogP contribution in [0.5, 0.6) is 0 Å². The maximum absolute atomic E-state index is 11.3. The molecule has 94 valence electrons. The highest BCUT2D eigenvalue weighted by atomic mass is 32.1. The minimum atomic E-state index is -0.479. The number of nitrogens with one attached hydrogen (secondary N) is 1. The van der Waals surface area contributed by atoms with Gasteiger partial charge in [0.1, 0.15) is 0 Å². The molecular formula is C13H15N3OS. The van der Waals surface area contributed by atoms with Crippen LogP contribution < -0.4 is 16.8 Å². The number of thiophene rings is 1. The number of benzene rings is 1. The van der Waals surface area contributed by atoms with Crippen molar-refractivity contribution in [3.05, 3.63) is 45.6 Å². The van der Waals surface area contributed by atoms with Crippen molar-refractivity contribution in [1.29, 1.82) is 0 Å². The molecule has 0 aliphatic carbocycles. The highest BCUT2D eigenvalue weighted by Crippen LogP contribution is 2.21. The Bertz CT molecular complexity index is 577. The zero-order valence-corrected chi connectivity index (χ0v) is 10.9. The van der Waals surface area contributed by atoms with Gasteiger partial charge in [-0.3, -0.25) is 4.79 Å². The third-order valence-electron chi connectivity index (χ3n) is 2.72. The van der Waals surface area contributed by atoms with Gasteiger partial charge in [0.05, 0.1) is 5.56 Å². The molecule has 18 heavy (non-hydrogen) atoms. The predicted octanol–water partition coefficient (Wildman–Crippen LogP) is 2.35. The molecule has 0 aliphatic heterocycles. The van der Waals surface area contributed by atoms with E-state index in [0.717, 1.165) is 0 Å². The van der Waals surface area contributed by atoms with Crippen LogP contribution in [0, 0.1) is 6.92 Å². The summed E-state index contributed by atoms with van der Waals surface area (Å²) < 4.78 is 0. The number of primary amides is 1. The lowest BCUT2D eigenvalue weighted by Gasteiger charge is -2.10. The average Bonchev–Trinajstić information content (AvgIpc) is 2.73. The first-order valence-corrected chi connectivity index (χ1v) is 6.42. The standard InChI is InChI=1S/C13H15N3OS/c1-8-4-5-18-12(8)7-16-11-3-2-9(14)6-10(11)13(15)17/h2-6,16H,7,14H2,1H3,(H2,15,17). The van der Waals surface area contributed by atoms with E-state index in [1.54, 1.807) is 29.5 Å². The van der Waals surface area contributed by atoms with Crippen LogP contribution in [0.2, 0.25) is 0 Å². The molecule has 0 unspecified atom stereocenters. The topological polar surface area (TPSA) is 81.1 Å². The molecule has 0 bridgehead atoms. The number of carbonyl (C=O) groups excluding carboxylic acids is 1. The summed E-state index contributed by atoms with van der Waals surface area (Å²) in [5, 5.41) is 5.27. The monoisotopic (exact) mass is 261 g/mol. The van der Waals surface area contributed by atoms with Crippen LogP contribution in [0.15, 0.2) is 29.6 Å². The molecule has 0 spiro atoms. The van der Waals surface area contributed by atoms with E-state index < -0.39 is 5.91 Å². The normalized spacial score (nSPS) is 10.3. The van der Waals surface area contributed by atoms with E-state index in [1.807, 2.05) is 5.38 Å². The largest absolute Gasteiger partial charge is 0.399 e. The second kappa shape index (κ2) is 5.10. The molecule has 0 atom stereocenters. The Labute approximate surface area is 110 Å². The number of hydrogen-bond donors (Lipinski definition) is 3. The van der Waals surface area contributed by atoms with E-state index in [2.05, 4.69) is 18.3 Å². The molecule has 2 aromatic rings. The molecule has 1 amide bonds. The number of anilines is 2. The van der Waals surface area contributed by atoms with Crippen LogP contribution in [0.1, 0.15) is 20.8 Å². The molecule has 1 aromatic carbocycles. The van der Waals surface area contributed by atoms with Crippen molar-refractivity contribution in [2.24, 2.45) is 5.73 Å². The predicted molar refractivity (Wildman–Crippen MR) is 75.8 cm³/mol. The number of nitrogen functional groups attached to an aromatic ring is 1. The molecule has 1 heterocycles. The summed E-state index contributed by atoms with van der Waals surface area (Å²) in [6.45, 7) is 2.74. The maximum atomic E-state index is 11.3. The van der Waals surface area contributed by atoms with Gasteiger partial charge < -0.3 is 16.8 Å². The van der Waals surface area contributed by atoms with Crippen molar-refractivity contribution < 1.29 is 4.79 Å². The molecule has 0 radical (unpaired) electrons. The fourth-order valence-electron chi connectivity index (χ4n) is 1.68. The van der Waals surface area contributed by atoms with Crippen LogP contribution in [0.25, 0.3) is 0 Å². The van der Waals surface area contributed by atoms with Gasteiger partial charge in [0.25, 0.3) is 5.91 Å². The summed E-state index contributed by atoms with van der Waals surface area (Å²) in [5.74, 6) is -0.479. The first kappa shape index (κ1) is 12.4. The van der Waals surface area contributed by atoms with Crippen molar-refractivity contribution >= 4 is 28.6 Å². The Morgan fingerprint density at radius 1 is 1.39 bits per heavy atom. The van der Waals surface area contributed by atoms with E-state index in [1.165, 1.54) is 10.4 Å². The summed E-state index contributed by atoms with van der Waals surface area (Å²) in [5.41, 5.74) is 13.9. The molecule has 1 aromatic heterocycles. The molecule has 0 saturated carbocycles. The lowest BCUT2D eigenvalue weighted by atomic mass is 10.1. The minimum absolute atomic E-state index is 0.421. The Balaban J connectivity index is 2.19. The fourth-order valence-corrected chi connectivity index (χ4v) is 2.53. The van der Waals surface area contributed by atoms with E-state index in [-0.39, 0.29) is 0 Å². The van der Waals surface area contributed by atoms with Gasteiger partial charge in [-0.15, -0.1) is 11.3 Å². The zero-order chi connectivity index (χ0) is 13.1. The number of aryl methyl sites for hydroxylation is 1. The summed E-state index contributed by atoms with van der Waals surface area (Å²) in [6.07, 6.45) is 0. The Kier molecular flexibility index (Phi) is 3.53. The summed E-state index contributed by atoms with van der Waals surface area (Å²) in [6, 6.07) is 7.18. The first-order valence-electron chi connectivity index (χ1n) is 5.54. The number of rotatable bonds is 4. The first-order chi connectivity index (χ1) is 8.58.